The van der Waals surface area contributed by atoms with Gasteiger partial charge in [-0.05, 0) is 94.4 Å². The molecule has 37 heavy (non-hydrogen) atoms. The topological polar surface area (TPSA) is 86.2 Å². The van der Waals surface area contributed by atoms with E-state index in [4.69, 9.17) is 14.5 Å². The lowest BCUT2D eigenvalue weighted by Crippen LogP contribution is -2.22. The minimum absolute atomic E-state index is 0.0352. The van der Waals surface area contributed by atoms with E-state index in [0.29, 0.717) is 11.5 Å². The number of imidazole rings is 1. The van der Waals surface area contributed by atoms with E-state index in [0.717, 1.165) is 100.0 Å². The number of ether oxygens (including phenoxy) is 2. The molecule has 1 aliphatic heterocycles. The monoisotopic (exact) mass is 505 g/mol. The molecule has 0 amide bonds. The van der Waals surface area contributed by atoms with Crippen LogP contribution in [-0.4, -0.2) is 39.8 Å². The van der Waals surface area contributed by atoms with Gasteiger partial charge in [-0.1, -0.05) is 13.0 Å². The molecule has 1 aliphatic carbocycles. The molecule has 0 radical (unpaired) electrons. The summed E-state index contributed by atoms with van der Waals surface area (Å²) in [6.45, 7) is 6.37. The molecule has 7 heteroatoms. The van der Waals surface area contributed by atoms with E-state index >= 15 is 0 Å². The van der Waals surface area contributed by atoms with Gasteiger partial charge in [0.05, 0.1) is 17.0 Å². The first kappa shape index (κ1) is 25.7. The molecular weight excluding hydrogens is 466 g/mol. The summed E-state index contributed by atoms with van der Waals surface area (Å²) in [6.07, 6.45) is 10.7. The molecule has 2 fully saturated rings. The first-order valence-electron chi connectivity index (χ1n) is 14.0. The number of hydrogen-bond donors (Lipinski definition) is 1. The Morgan fingerprint density at radius 2 is 1.97 bits per heavy atom. The summed E-state index contributed by atoms with van der Waals surface area (Å²) in [7, 11) is 0. The van der Waals surface area contributed by atoms with Crippen LogP contribution < -0.4 is 5.56 Å². The number of aromatic nitrogens is 3. The van der Waals surface area contributed by atoms with Crippen LogP contribution in [0.3, 0.4) is 0 Å². The molecule has 1 atom stereocenters. The normalized spacial score (nSPS) is 17.9. The summed E-state index contributed by atoms with van der Waals surface area (Å²) < 4.78 is 13.7. The van der Waals surface area contributed by atoms with E-state index < -0.39 is 0 Å². The highest BCUT2D eigenvalue weighted by Crippen LogP contribution is 2.30. The van der Waals surface area contributed by atoms with Crippen molar-refractivity contribution in [2.24, 2.45) is 11.8 Å². The molecule has 1 aromatic carbocycles. The second-order valence-electron chi connectivity index (χ2n) is 10.8. The summed E-state index contributed by atoms with van der Waals surface area (Å²) in [5.41, 5.74) is 4.75. The number of pyridine rings is 1. The number of H-pyrrole nitrogens is 1. The number of aryl methyl sites for hydroxylation is 2. The lowest BCUT2D eigenvalue weighted by atomic mass is 9.97. The van der Waals surface area contributed by atoms with Gasteiger partial charge in [-0.3, -0.25) is 9.59 Å². The number of fused-ring (bicyclic) bond motifs is 1. The zero-order chi connectivity index (χ0) is 25.8. The maximum Gasteiger partial charge on any atom is 0.309 e. The van der Waals surface area contributed by atoms with Crippen molar-refractivity contribution in [3.63, 3.8) is 0 Å². The number of nitrogens with zero attached hydrogens (tertiary/aromatic N) is 2. The number of carbonyl (C=O) groups is 1. The minimum atomic E-state index is -0.0740. The van der Waals surface area contributed by atoms with Crippen molar-refractivity contribution < 1.29 is 14.3 Å². The smallest absolute Gasteiger partial charge is 0.309 e. The number of esters is 1. The highest BCUT2D eigenvalue weighted by Gasteiger charge is 2.25. The average Bonchev–Trinajstić information content (AvgIpc) is 3.54. The Hall–Kier alpha value is -2.93. The molecule has 0 unspecified atom stereocenters. The van der Waals surface area contributed by atoms with Crippen molar-refractivity contribution in [3.05, 3.63) is 51.9 Å². The lowest BCUT2D eigenvalue weighted by Gasteiger charge is -2.23. The Morgan fingerprint density at radius 1 is 1.19 bits per heavy atom. The number of nitrogens with one attached hydrogen (secondary N) is 1. The van der Waals surface area contributed by atoms with Crippen LogP contribution in [0.5, 0.6) is 0 Å². The summed E-state index contributed by atoms with van der Waals surface area (Å²) in [5, 5.41) is 0. The maximum atomic E-state index is 12.7. The Labute approximate surface area is 218 Å². The van der Waals surface area contributed by atoms with Crippen LogP contribution in [-0.2, 0) is 27.2 Å². The highest BCUT2D eigenvalue weighted by molar-refractivity contribution is 5.81. The molecule has 0 spiro atoms. The summed E-state index contributed by atoms with van der Waals surface area (Å²) in [5.74, 6) is 1.31. The van der Waals surface area contributed by atoms with Crippen molar-refractivity contribution in [2.75, 3.05) is 13.2 Å². The second-order valence-corrected chi connectivity index (χ2v) is 10.8. The van der Waals surface area contributed by atoms with Gasteiger partial charge >= 0.3 is 5.97 Å². The van der Waals surface area contributed by atoms with Crippen LogP contribution in [0.4, 0.5) is 0 Å². The Bertz CT molecular complexity index is 1280. The SMILES string of the molecule is CC[C@H](CCc1ccc2c(c1)nc(-c1c[nH]c(=O)c(C)c1)n2CC1CCOCC1)C(=O)OC1CCCC1. The Morgan fingerprint density at radius 3 is 2.70 bits per heavy atom. The van der Waals surface area contributed by atoms with E-state index in [1.165, 1.54) is 5.56 Å². The van der Waals surface area contributed by atoms with Crippen LogP contribution >= 0.6 is 0 Å². The predicted molar refractivity (Wildman–Crippen MR) is 145 cm³/mol. The van der Waals surface area contributed by atoms with Gasteiger partial charge in [-0.15, -0.1) is 0 Å². The fourth-order valence-corrected chi connectivity index (χ4v) is 5.75. The van der Waals surface area contributed by atoms with Gasteiger partial charge in [0.15, 0.2) is 0 Å². The van der Waals surface area contributed by atoms with Crippen LogP contribution in [0, 0.1) is 18.8 Å². The zero-order valence-corrected chi connectivity index (χ0v) is 22.1. The number of aromatic amines is 1. The first-order chi connectivity index (χ1) is 18.0. The molecule has 3 aromatic rings. The van der Waals surface area contributed by atoms with E-state index in [2.05, 4.69) is 34.7 Å². The van der Waals surface area contributed by atoms with Crippen LogP contribution in [0.15, 0.2) is 35.3 Å². The summed E-state index contributed by atoms with van der Waals surface area (Å²) >= 11 is 0. The van der Waals surface area contributed by atoms with Gasteiger partial charge in [0.2, 0.25) is 0 Å². The van der Waals surface area contributed by atoms with E-state index in [1.807, 2.05) is 13.0 Å². The van der Waals surface area contributed by atoms with E-state index in [1.54, 1.807) is 6.20 Å². The third kappa shape index (κ3) is 5.98. The standard InChI is InChI=1S/C30H39N3O4/c1-3-23(30(35)37-25-6-4-5-7-25)10-8-21-9-11-27-26(17-21)32-28(24-16-20(2)29(34)31-18-24)33(27)19-22-12-14-36-15-13-22/h9,11,16-18,22-23,25H,3-8,10,12-15,19H2,1-2H3,(H,31,34)/t23-/m1/s1. The fourth-order valence-electron chi connectivity index (χ4n) is 5.75. The number of carbonyl (C=O) groups excluding carboxylic acids is 1. The van der Waals surface area contributed by atoms with Crippen molar-refractivity contribution in [2.45, 2.75) is 84.3 Å². The van der Waals surface area contributed by atoms with Gasteiger partial charge in [-0.25, -0.2) is 4.98 Å². The molecular formula is C30H39N3O4. The zero-order valence-electron chi connectivity index (χ0n) is 22.1. The summed E-state index contributed by atoms with van der Waals surface area (Å²) in [4.78, 5) is 32.6. The van der Waals surface area contributed by atoms with E-state index in [-0.39, 0.29) is 23.6 Å². The van der Waals surface area contributed by atoms with Crippen molar-refractivity contribution in [1.82, 2.24) is 14.5 Å². The number of rotatable bonds is 9. The third-order valence-electron chi connectivity index (χ3n) is 8.13. The molecule has 198 valence electrons. The second kappa shape index (κ2) is 11.6. The largest absolute Gasteiger partial charge is 0.462 e. The lowest BCUT2D eigenvalue weighted by molar-refractivity contribution is -0.154. The number of benzene rings is 1. The van der Waals surface area contributed by atoms with Gasteiger partial charge in [-0.2, -0.15) is 0 Å². The molecule has 1 N–H and O–H groups in total. The van der Waals surface area contributed by atoms with Gasteiger partial charge < -0.3 is 19.0 Å². The molecule has 1 saturated carbocycles. The Kier molecular flexibility index (Phi) is 8.08. The fraction of sp³-hybridized carbons (Fsp3) is 0.567. The van der Waals surface area contributed by atoms with Gasteiger partial charge in [0, 0.05) is 37.1 Å². The molecule has 2 aromatic heterocycles. The first-order valence-corrected chi connectivity index (χ1v) is 14.0. The van der Waals surface area contributed by atoms with Gasteiger partial charge in [0.1, 0.15) is 11.9 Å². The number of hydrogen-bond acceptors (Lipinski definition) is 5. The highest BCUT2D eigenvalue weighted by atomic mass is 16.5. The van der Waals surface area contributed by atoms with Crippen LogP contribution in [0.25, 0.3) is 22.4 Å². The van der Waals surface area contributed by atoms with Crippen LogP contribution in [0.2, 0.25) is 0 Å². The molecule has 7 nitrogen and oxygen atoms in total. The molecule has 2 aliphatic rings. The Balaban J connectivity index is 1.38. The van der Waals surface area contributed by atoms with Crippen LogP contribution in [0.1, 0.15) is 69.4 Å². The van der Waals surface area contributed by atoms with E-state index in [9.17, 15) is 9.59 Å². The molecule has 5 rings (SSSR count). The van der Waals surface area contributed by atoms with Crippen molar-refractivity contribution in [1.29, 1.82) is 0 Å². The quantitative estimate of drug-likeness (QED) is 0.384. The minimum Gasteiger partial charge on any atom is -0.462 e. The third-order valence-corrected chi connectivity index (χ3v) is 8.13. The molecule has 0 bridgehead atoms. The van der Waals surface area contributed by atoms with Crippen molar-refractivity contribution in [3.8, 4) is 11.4 Å². The summed E-state index contributed by atoms with van der Waals surface area (Å²) in [6, 6.07) is 8.41. The van der Waals surface area contributed by atoms with Crippen molar-refractivity contribution >= 4 is 17.0 Å². The predicted octanol–water partition coefficient (Wildman–Crippen LogP) is 5.57. The average molecular weight is 506 g/mol. The molecule has 3 heterocycles. The molecule has 1 saturated heterocycles. The maximum absolute atomic E-state index is 12.7. The van der Waals surface area contributed by atoms with Gasteiger partial charge in [0.25, 0.3) is 5.56 Å².